The molecule has 1 aromatic heterocycles. The van der Waals surface area contributed by atoms with Crippen molar-refractivity contribution in [2.24, 2.45) is 0 Å². The fraction of sp³-hybridized carbons (Fsp3) is 0.444. The van der Waals surface area contributed by atoms with E-state index in [-0.39, 0.29) is 5.78 Å². The van der Waals surface area contributed by atoms with Gasteiger partial charge in [-0.05, 0) is 18.9 Å². The van der Waals surface area contributed by atoms with Crippen LogP contribution in [0.15, 0.2) is 23.0 Å². The van der Waals surface area contributed by atoms with Gasteiger partial charge < -0.3 is 9.52 Å². The molecule has 0 radical (unpaired) electrons. The van der Waals surface area contributed by atoms with Gasteiger partial charge in [0.1, 0.15) is 0 Å². The summed E-state index contributed by atoms with van der Waals surface area (Å²) in [5.74, 6) is -0.0936. The van der Waals surface area contributed by atoms with Gasteiger partial charge in [-0.3, -0.25) is 4.79 Å². The van der Waals surface area contributed by atoms with Crippen molar-refractivity contribution < 1.29 is 14.3 Å². The highest BCUT2D eigenvalue weighted by Gasteiger charge is 2.42. The van der Waals surface area contributed by atoms with Crippen LogP contribution in [0.3, 0.4) is 0 Å². The Bertz CT molecular complexity index is 289. The van der Waals surface area contributed by atoms with E-state index in [4.69, 9.17) is 4.42 Å². The Labute approximate surface area is 70.0 Å². The summed E-state index contributed by atoms with van der Waals surface area (Å²) >= 11 is 0. The van der Waals surface area contributed by atoms with Crippen LogP contribution in [-0.2, 0) is 10.4 Å². The van der Waals surface area contributed by atoms with Crippen molar-refractivity contribution in [3.8, 4) is 0 Å². The molecule has 0 amide bonds. The second kappa shape index (κ2) is 2.45. The first-order valence-electron chi connectivity index (χ1n) is 4.02. The highest BCUT2D eigenvalue weighted by Crippen LogP contribution is 2.35. The summed E-state index contributed by atoms with van der Waals surface area (Å²) in [6, 6.07) is 1.64. The van der Waals surface area contributed by atoms with Gasteiger partial charge in [-0.15, -0.1) is 0 Å². The summed E-state index contributed by atoms with van der Waals surface area (Å²) < 4.78 is 4.83. The summed E-state index contributed by atoms with van der Waals surface area (Å²) in [7, 11) is 0. The molecule has 2 rings (SSSR count). The molecule has 1 fully saturated rings. The van der Waals surface area contributed by atoms with Crippen molar-refractivity contribution in [2.45, 2.75) is 24.9 Å². The van der Waals surface area contributed by atoms with Gasteiger partial charge >= 0.3 is 0 Å². The van der Waals surface area contributed by atoms with Crippen molar-refractivity contribution in [2.75, 3.05) is 0 Å². The minimum Gasteiger partial charge on any atom is -0.472 e. The van der Waals surface area contributed by atoms with Crippen LogP contribution in [0.2, 0.25) is 0 Å². The first kappa shape index (κ1) is 7.55. The number of carbonyl (C=O) groups excluding carboxylic acids is 1. The molecule has 1 saturated carbocycles. The van der Waals surface area contributed by atoms with E-state index in [9.17, 15) is 9.90 Å². The van der Waals surface area contributed by atoms with Crippen LogP contribution in [0.5, 0.6) is 0 Å². The smallest absolute Gasteiger partial charge is 0.169 e. The zero-order valence-electron chi connectivity index (χ0n) is 6.62. The van der Waals surface area contributed by atoms with Gasteiger partial charge in [0.25, 0.3) is 0 Å². The molecule has 1 N–H and O–H groups in total. The topological polar surface area (TPSA) is 50.4 Å². The Hall–Kier alpha value is -1.09. The molecule has 12 heavy (non-hydrogen) atoms. The number of ketones is 1. The van der Waals surface area contributed by atoms with E-state index in [0.717, 1.165) is 6.42 Å². The molecule has 3 nitrogen and oxygen atoms in total. The number of hydrogen-bond acceptors (Lipinski definition) is 3. The average molecular weight is 166 g/mol. The predicted octanol–water partition coefficient (Wildman–Crippen LogP) is 1.22. The van der Waals surface area contributed by atoms with Crippen molar-refractivity contribution in [1.82, 2.24) is 0 Å². The van der Waals surface area contributed by atoms with Gasteiger partial charge in [-0.25, -0.2) is 0 Å². The quantitative estimate of drug-likeness (QED) is 0.682. The third kappa shape index (κ3) is 0.898. The number of hydrogen-bond donors (Lipinski definition) is 1. The minimum absolute atomic E-state index is 0.0936. The first-order valence-corrected chi connectivity index (χ1v) is 4.02. The Kier molecular flexibility index (Phi) is 1.54. The summed E-state index contributed by atoms with van der Waals surface area (Å²) in [4.78, 5) is 11.3. The average Bonchev–Trinajstić information content (AvgIpc) is 2.62. The number of rotatable bonds is 1. The van der Waals surface area contributed by atoms with Gasteiger partial charge in [0, 0.05) is 12.0 Å². The maximum absolute atomic E-state index is 11.3. The van der Waals surface area contributed by atoms with Crippen molar-refractivity contribution in [3.63, 3.8) is 0 Å². The molecule has 0 aromatic carbocycles. The molecule has 1 aliphatic carbocycles. The van der Waals surface area contributed by atoms with Crippen molar-refractivity contribution >= 4 is 5.78 Å². The molecule has 1 aliphatic rings. The zero-order valence-corrected chi connectivity index (χ0v) is 6.62. The van der Waals surface area contributed by atoms with Crippen LogP contribution in [0.1, 0.15) is 24.8 Å². The van der Waals surface area contributed by atoms with E-state index in [1.54, 1.807) is 6.07 Å². The van der Waals surface area contributed by atoms with Crippen LogP contribution in [0, 0.1) is 0 Å². The second-order valence-corrected chi connectivity index (χ2v) is 3.15. The largest absolute Gasteiger partial charge is 0.472 e. The molecular weight excluding hydrogens is 156 g/mol. The van der Waals surface area contributed by atoms with Gasteiger partial charge in [0.2, 0.25) is 0 Å². The number of Topliss-reactive ketones (excluding diaryl/α,β-unsaturated/α-hetero) is 1. The molecule has 1 aromatic rings. The molecule has 1 unspecified atom stereocenters. The summed E-state index contributed by atoms with van der Waals surface area (Å²) in [6.45, 7) is 0. The third-order valence-corrected chi connectivity index (χ3v) is 2.40. The van der Waals surface area contributed by atoms with Gasteiger partial charge in [0.15, 0.2) is 11.4 Å². The lowest BCUT2D eigenvalue weighted by Gasteiger charge is -2.17. The number of aliphatic hydroxyl groups is 1. The van der Waals surface area contributed by atoms with Crippen LogP contribution in [-0.4, -0.2) is 10.9 Å². The normalized spacial score (nSPS) is 29.6. The summed E-state index contributed by atoms with van der Waals surface area (Å²) in [5, 5.41) is 9.91. The van der Waals surface area contributed by atoms with Crippen LogP contribution in [0.4, 0.5) is 0 Å². The van der Waals surface area contributed by atoms with Gasteiger partial charge in [-0.2, -0.15) is 0 Å². The van der Waals surface area contributed by atoms with E-state index in [2.05, 4.69) is 0 Å². The van der Waals surface area contributed by atoms with Crippen LogP contribution >= 0.6 is 0 Å². The molecule has 0 saturated heterocycles. The Morgan fingerprint density at radius 2 is 2.42 bits per heavy atom. The van der Waals surface area contributed by atoms with Gasteiger partial charge in [0.05, 0.1) is 12.5 Å². The fourth-order valence-corrected chi connectivity index (χ4v) is 1.66. The molecular formula is C9H10O3. The molecule has 0 spiro atoms. The summed E-state index contributed by atoms with van der Waals surface area (Å²) in [5.41, 5.74) is -0.669. The van der Waals surface area contributed by atoms with Crippen molar-refractivity contribution in [1.29, 1.82) is 0 Å². The molecule has 1 atom stereocenters. The van der Waals surface area contributed by atoms with Crippen LogP contribution in [0.25, 0.3) is 0 Å². The lowest BCUT2D eigenvalue weighted by molar-refractivity contribution is -0.134. The predicted molar refractivity (Wildman–Crippen MR) is 41.5 cm³/mol. The fourth-order valence-electron chi connectivity index (χ4n) is 1.66. The second-order valence-electron chi connectivity index (χ2n) is 3.15. The van der Waals surface area contributed by atoms with E-state index in [1.165, 1.54) is 12.5 Å². The molecule has 1 heterocycles. The maximum Gasteiger partial charge on any atom is 0.169 e. The standard InChI is InChI=1S/C9H10O3/c10-8-2-1-4-9(8,11)7-3-5-12-6-7/h3,5-6,11H,1-2,4H2. The highest BCUT2D eigenvalue weighted by atomic mass is 16.3. The SMILES string of the molecule is O=C1CCCC1(O)c1ccoc1. The monoisotopic (exact) mass is 166 g/mol. The van der Waals surface area contributed by atoms with Gasteiger partial charge in [-0.1, -0.05) is 0 Å². The Morgan fingerprint density at radius 1 is 1.58 bits per heavy atom. The molecule has 3 heteroatoms. The lowest BCUT2D eigenvalue weighted by Crippen LogP contribution is -2.29. The molecule has 0 bridgehead atoms. The maximum atomic E-state index is 11.3. The van der Waals surface area contributed by atoms with E-state index in [1.807, 2.05) is 0 Å². The third-order valence-electron chi connectivity index (χ3n) is 2.40. The van der Waals surface area contributed by atoms with E-state index < -0.39 is 5.60 Å². The van der Waals surface area contributed by atoms with Crippen LogP contribution < -0.4 is 0 Å². The van der Waals surface area contributed by atoms with E-state index in [0.29, 0.717) is 18.4 Å². The first-order chi connectivity index (χ1) is 5.73. The minimum atomic E-state index is -1.26. The number of furan rings is 1. The van der Waals surface area contributed by atoms with Crippen molar-refractivity contribution in [3.05, 3.63) is 24.2 Å². The molecule has 64 valence electrons. The number of carbonyl (C=O) groups is 1. The zero-order chi connectivity index (χ0) is 8.60. The Balaban J connectivity index is 2.38. The Morgan fingerprint density at radius 3 is 2.92 bits per heavy atom. The summed E-state index contributed by atoms with van der Waals surface area (Å²) in [6.07, 6.45) is 4.66. The lowest BCUT2D eigenvalue weighted by atomic mass is 9.94. The highest BCUT2D eigenvalue weighted by molar-refractivity contribution is 5.90. The molecule has 0 aliphatic heterocycles. The van der Waals surface area contributed by atoms with E-state index >= 15 is 0 Å².